The second-order valence-corrected chi connectivity index (χ2v) is 9.04. The Morgan fingerprint density at radius 1 is 1.15 bits per heavy atom. The van der Waals surface area contributed by atoms with Crippen molar-refractivity contribution in [1.29, 1.82) is 0 Å². The van der Waals surface area contributed by atoms with Crippen molar-refractivity contribution < 1.29 is 15.0 Å². The molecule has 3 aromatic rings. The maximum atomic E-state index is 11.2. The SMILES string of the molecule is O=C(O)c1cncc(CN2CCC(=C3c4ccc(Cl)cc4CC(O)c4cccnc43)CC2)c1. The van der Waals surface area contributed by atoms with Gasteiger partial charge in [0.25, 0.3) is 0 Å². The van der Waals surface area contributed by atoms with Gasteiger partial charge in [0.15, 0.2) is 0 Å². The van der Waals surface area contributed by atoms with Crippen molar-refractivity contribution in [3.63, 3.8) is 0 Å². The van der Waals surface area contributed by atoms with Crippen LogP contribution in [0.3, 0.4) is 0 Å². The van der Waals surface area contributed by atoms with Crippen molar-refractivity contribution in [3.8, 4) is 0 Å². The molecule has 2 N–H and O–H groups in total. The van der Waals surface area contributed by atoms with Crippen LogP contribution < -0.4 is 0 Å². The number of benzene rings is 1. The number of piperidine rings is 1. The molecule has 1 aliphatic heterocycles. The Hall–Kier alpha value is -3.06. The fraction of sp³-hybridized carbons (Fsp3) is 0.269. The van der Waals surface area contributed by atoms with Crippen LogP contribution in [-0.4, -0.2) is 44.1 Å². The molecule has 0 spiro atoms. The molecule has 0 bridgehead atoms. The van der Waals surface area contributed by atoms with Crippen LogP contribution in [0.15, 0.2) is 60.6 Å². The summed E-state index contributed by atoms with van der Waals surface area (Å²) in [6.07, 6.45) is 6.50. The zero-order valence-electron chi connectivity index (χ0n) is 18.0. The van der Waals surface area contributed by atoms with Crippen molar-refractivity contribution in [2.45, 2.75) is 31.9 Å². The van der Waals surface area contributed by atoms with Gasteiger partial charge in [0.05, 0.1) is 17.4 Å². The predicted molar refractivity (Wildman–Crippen MR) is 126 cm³/mol. The number of likely N-dealkylation sites (tertiary alicyclic amines) is 1. The van der Waals surface area contributed by atoms with Gasteiger partial charge in [-0.15, -0.1) is 0 Å². The summed E-state index contributed by atoms with van der Waals surface area (Å²) in [5.74, 6) is -0.963. The van der Waals surface area contributed by atoms with E-state index in [1.54, 1.807) is 18.5 Å². The van der Waals surface area contributed by atoms with Gasteiger partial charge in [-0.2, -0.15) is 0 Å². The summed E-state index contributed by atoms with van der Waals surface area (Å²) < 4.78 is 0. The number of halogens is 1. The average molecular weight is 462 g/mol. The number of aliphatic hydroxyl groups excluding tert-OH is 1. The predicted octanol–water partition coefficient (Wildman–Crippen LogP) is 4.52. The third-order valence-corrected chi connectivity index (χ3v) is 6.68. The summed E-state index contributed by atoms with van der Waals surface area (Å²) >= 11 is 6.29. The lowest BCUT2D eigenvalue weighted by atomic mass is 9.88. The number of carboxylic acids is 1. The Morgan fingerprint density at radius 2 is 1.97 bits per heavy atom. The van der Waals surface area contributed by atoms with Crippen LogP contribution in [0.25, 0.3) is 5.57 Å². The molecule has 3 heterocycles. The maximum Gasteiger partial charge on any atom is 0.337 e. The molecular formula is C26H24ClN3O3. The molecule has 33 heavy (non-hydrogen) atoms. The molecule has 0 amide bonds. The quantitative estimate of drug-likeness (QED) is 0.596. The largest absolute Gasteiger partial charge is 0.478 e. The first kappa shape index (κ1) is 21.8. The highest BCUT2D eigenvalue weighted by Gasteiger charge is 2.28. The highest BCUT2D eigenvalue weighted by Crippen LogP contribution is 2.41. The normalized spacial score (nSPS) is 18.4. The molecule has 1 unspecified atom stereocenters. The zero-order valence-corrected chi connectivity index (χ0v) is 18.8. The number of aromatic nitrogens is 2. The highest BCUT2D eigenvalue weighted by molar-refractivity contribution is 6.30. The van der Waals surface area contributed by atoms with E-state index in [0.29, 0.717) is 18.0 Å². The summed E-state index contributed by atoms with van der Waals surface area (Å²) in [6, 6.07) is 11.4. The first-order valence-corrected chi connectivity index (χ1v) is 11.4. The van der Waals surface area contributed by atoms with Crippen molar-refractivity contribution >= 4 is 23.1 Å². The number of pyridine rings is 2. The Morgan fingerprint density at radius 3 is 2.76 bits per heavy atom. The summed E-state index contributed by atoms with van der Waals surface area (Å²) in [5.41, 5.74) is 7.38. The third kappa shape index (κ3) is 4.42. The van der Waals surface area contributed by atoms with Crippen LogP contribution in [0.2, 0.25) is 5.02 Å². The van der Waals surface area contributed by atoms with Crippen LogP contribution in [0.1, 0.15) is 57.3 Å². The van der Waals surface area contributed by atoms with E-state index in [-0.39, 0.29) is 5.56 Å². The van der Waals surface area contributed by atoms with Crippen molar-refractivity contribution in [2.24, 2.45) is 0 Å². The second kappa shape index (κ2) is 9.06. The Labute approximate surface area is 197 Å². The number of aromatic carboxylic acids is 1. The second-order valence-electron chi connectivity index (χ2n) is 8.60. The van der Waals surface area contributed by atoms with E-state index in [1.807, 2.05) is 30.3 Å². The van der Waals surface area contributed by atoms with Gasteiger partial charge in [0.2, 0.25) is 0 Å². The van der Waals surface area contributed by atoms with Gasteiger partial charge in [0, 0.05) is 60.8 Å². The smallest absolute Gasteiger partial charge is 0.337 e. The molecule has 0 radical (unpaired) electrons. The van der Waals surface area contributed by atoms with Crippen LogP contribution >= 0.6 is 11.6 Å². The molecule has 0 saturated carbocycles. The number of carboxylic acid groups (broad SMARTS) is 1. The van der Waals surface area contributed by atoms with Crippen LogP contribution in [0.4, 0.5) is 0 Å². The van der Waals surface area contributed by atoms with Gasteiger partial charge in [-0.1, -0.05) is 29.3 Å². The molecule has 7 heteroatoms. The van der Waals surface area contributed by atoms with E-state index in [9.17, 15) is 15.0 Å². The minimum Gasteiger partial charge on any atom is -0.478 e. The first-order valence-electron chi connectivity index (χ1n) is 11.0. The lowest BCUT2D eigenvalue weighted by Crippen LogP contribution is -2.30. The van der Waals surface area contributed by atoms with Crippen molar-refractivity contribution in [3.05, 3.63) is 99.1 Å². The number of aliphatic hydroxyl groups is 1. The minimum absolute atomic E-state index is 0.210. The number of hydrogen-bond acceptors (Lipinski definition) is 5. The molecule has 1 aromatic carbocycles. The van der Waals surface area contributed by atoms with Gasteiger partial charge in [0.1, 0.15) is 0 Å². The monoisotopic (exact) mass is 461 g/mol. The van der Waals surface area contributed by atoms with E-state index in [1.165, 1.54) is 11.8 Å². The molecule has 1 aliphatic carbocycles. The number of rotatable bonds is 3. The van der Waals surface area contributed by atoms with Gasteiger partial charge >= 0.3 is 5.97 Å². The third-order valence-electron chi connectivity index (χ3n) is 6.45. The van der Waals surface area contributed by atoms with E-state index >= 15 is 0 Å². The molecule has 2 aliphatic rings. The minimum atomic E-state index is -0.963. The Balaban J connectivity index is 1.46. The Bertz CT molecular complexity index is 1250. The lowest BCUT2D eigenvalue weighted by Gasteiger charge is -2.30. The van der Waals surface area contributed by atoms with Crippen molar-refractivity contribution in [2.75, 3.05) is 13.1 Å². The lowest BCUT2D eigenvalue weighted by molar-refractivity contribution is 0.0696. The first-order chi connectivity index (χ1) is 16.0. The fourth-order valence-corrected chi connectivity index (χ4v) is 5.05. The Kier molecular flexibility index (Phi) is 5.98. The molecule has 1 saturated heterocycles. The van der Waals surface area contributed by atoms with Gasteiger partial charge in [-0.3, -0.25) is 14.9 Å². The highest BCUT2D eigenvalue weighted by atomic mass is 35.5. The summed E-state index contributed by atoms with van der Waals surface area (Å²) in [7, 11) is 0. The number of nitrogens with zero attached hydrogens (tertiary/aromatic N) is 3. The zero-order chi connectivity index (χ0) is 22.9. The number of fused-ring (bicyclic) bond motifs is 2. The van der Waals surface area contributed by atoms with Gasteiger partial charge in [-0.25, -0.2) is 4.79 Å². The molecule has 1 atom stereocenters. The van der Waals surface area contributed by atoms with Crippen LogP contribution in [0.5, 0.6) is 0 Å². The van der Waals surface area contributed by atoms with Crippen LogP contribution in [0, 0.1) is 0 Å². The van der Waals surface area contributed by atoms with Gasteiger partial charge in [-0.05, 0) is 53.8 Å². The topological polar surface area (TPSA) is 86.5 Å². The van der Waals surface area contributed by atoms with E-state index in [2.05, 4.69) is 9.88 Å². The molecule has 1 fully saturated rings. The molecular weight excluding hydrogens is 438 g/mol. The molecule has 5 rings (SSSR count). The molecule has 6 nitrogen and oxygen atoms in total. The maximum absolute atomic E-state index is 11.2. The van der Waals surface area contributed by atoms with Crippen molar-refractivity contribution in [1.82, 2.24) is 14.9 Å². The number of hydrogen-bond donors (Lipinski definition) is 2. The summed E-state index contributed by atoms with van der Waals surface area (Å²) in [4.78, 5) is 22.3. The molecule has 168 valence electrons. The summed E-state index contributed by atoms with van der Waals surface area (Å²) in [6.45, 7) is 2.37. The summed E-state index contributed by atoms with van der Waals surface area (Å²) in [5, 5.41) is 20.8. The van der Waals surface area contributed by atoms with Gasteiger partial charge < -0.3 is 10.2 Å². The molecule has 2 aromatic heterocycles. The average Bonchev–Trinajstić information content (AvgIpc) is 2.93. The van der Waals surface area contributed by atoms with Crippen LogP contribution in [-0.2, 0) is 13.0 Å². The van der Waals surface area contributed by atoms with E-state index < -0.39 is 12.1 Å². The fourth-order valence-electron chi connectivity index (χ4n) is 4.85. The standard InChI is InChI=1S/C26H24ClN3O3/c27-20-3-4-21-18(11-20)12-23(31)22-2-1-7-29-25(22)24(21)17-5-8-30(9-6-17)15-16-10-19(26(32)33)14-28-13-16/h1-4,7,10-11,13-14,23,31H,5-6,8-9,12,15H2,(H,32,33). The van der Waals surface area contributed by atoms with E-state index in [0.717, 1.165) is 59.5 Å². The number of carbonyl (C=O) groups is 1. The van der Waals surface area contributed by atoms with E-state index in [4.69, 9.17) is 16.6 Å².